The van der Waals surface area contributed by atoms with Crippen molar-refractivity contribution >= 4 is 11.8 Å². The van der Waals surface area contributed by atoms with Crippen LogP contribution < -0.4 is 5.32 Å². The first-order valence-corrected chi connectivity index (χ1v) is 8.78. The van der Waals surface area contributed by atoms with Crippen LogP contribution in [-0.2, 0) is 25.5 Å². The van der Waals surface area contributed by atoms with Crippen LogP contribution in [0.25, 0.3) is 0 Å². The van der Waals surface area contributed by atoms with Gasteiger partial charge in [-0.25, -0.2) is 0 Å². The van der Waals surface area contributed by atoms with Crippen LogP contribution in [0.15, 0.2) is 30.3 Å². The maximum absolute atomic E-state index is 12.3. The summed E-state index contributed by atoms with van der Waals surface area (Å²) in [6.07, 6.45) is 1.37. The van der Waals surface area contributed by atoms with Crippen molar-refractivity contribution in [3.05, 3.63) is 35.9 Å². The highest BCUT2D eigenvalue weighted by molar-refractivity contribution is 5.84. The zero-order chi connectivity index (χ0) is 18.2. The molecular weight excluding hydrogens is 320 g/mol. The third-order valence-electron chi connectivity index (χ3n) is 4.54. The van der Waals surface area contributed by atoms with E-state index in [4.69, 9.17) is 9.47 Å². The Kier molecular flexibility index (Phi) is 7.40. The van der Waals surface area contributed by atoms with Gasteiger partial charge in [0.2, 0.25) is 11.8 Å². The van der Waals surface area contributed by atoms with E-state index in [1.165, 1.54) is 6.92 Å². The maximum atomic E-state index is 12.3. The van der Waals surface area contributed by atoms with E-state index in [1.807, 2.05) is 37.3 Å². The largest absolute Gasteiger partial charge is 0.377 e. The summed E-state index contributed by atoms with van der Waals surface area (Å²) in [4.78, 5) is 25.7. The Balaban J connectivity index is 1.81. The molecule has 0 bridgehead atoms. The number of benzene rings is 1. The molecule has 6 nitrogen and oxygen atoms in total. The fraction of sp³-hybridized carbons (Fsp3) is 0.579. The molecule has 1 saturated carbocycles. The molecule has 3 atom stereocenters. The Labute approximate surface area is 149 Å². The fourth-order valence-electron chi connectivity index (χ4n) is 3.10. The molecule has 25 heavy (non-hydrogen) atoms. The summed E-state index contributed by atoms with van der Waals surface area (Å²) in [6, 6.07) is 9.87. The van der Waals surface area contributed by atoms with Crippen molar-refractivity contribution in [1.29, 1.82) is 0 Å². The molecule has 1 aliphatic rings. The monoisotopic (exact) mass is 348 g/mol. The lowest BCUT2D eigenvalue weighted by molar-refractivity contribution is -0.146. The number of hydrogen-bond acceptors (Lipinski definition) is 4. The summed E-state index contributed by atoms with van der Waals surface area (Å²) < 4.78 is 11.0. The van der Waals surface area contributed by atoms with Crippen molar-refractivity contribution < 1.29 is 19.1 Å². The second-order valence-electron chi connectivity index (χ2n) is 6.28. The van der Waals surface area contributed by atoms with Gasteiger partial charge in [-0.3, -0.25) is 9.59 Å². The molecule has 2 rings (SSSR count). The standard InChI is InChI=1S/C19H28N2O4/c1-4-25-17-12-16(19(17)24-3)20-18(23)13-21(14(2)22)11-10-15-8-6-5-7-9-15/h5-9,16-17,19H,4,10-13H2,1-3H3,(H,20,23)/t16-,17+,19-/m0/s1. The number of methoxy groups -OCH3 is 1. The highest BCUT2D eigenvalue weighted by Crippen LogP contribution is 2.26. The first kappa shape index (κ1) is 19.4. The Hall–Kier alpha value is -1.92. The number of ether oxygens (including phenoxy) is 2. The predicted molar refractivity (Wildman–Crippen MR) is 95.2 cm³/mol. The Morgan fingerprint density at radius 1 is 1.28 bits per heavy atom. The van der Waals surface area contributed by atoms with Gasteiger partial charge >= 0.3 is 0 Å². The summed E-state index contributed by atoms with van der Waals surface area (Å²) in [6.45, 7) is 4.64. The smallest absolute Gasteiger partial charge is 0.239 e. The molecule has 1 N–H and O–H groups in total. The predicted octanol–water partition coefficient (Wildman–Crippen LogP) is 1.39. The summed E-state index contributed by atoms with van der Waals surface area (Å²) in [5, 5.41) is 2.95. The number of hydrogen-bond donors (Lipinski definition) is 1. The molecule has 1 aliphatic carbocycles. The number of rotatable bonds is 9. The van der Waals surface area contributed by atoms with E-state index >= 15 is 0 Å². The molecular formula is C19H28N2O4. The average molecular weight is 348 g/mol. The maximum Gasteiger partial charge on any atom is 0.239 e. The van der Waals surface area contributed by atoms with Gasteiger partial charge in [-0.1, -0.05) is 30.3 Å². The Bertz CT molecular complexity index is 564. The first-order chi connectivity index (χ1) is 12.0. The van der Waals surface area contributed by atoms with Crippen molar-refractivity contribution in [1.82, 2.24) is 10.2 Å². The SMILES string of the molecule is CCO[C@@H]1C[C@H](NC(=O)CN(CCc2ccccc2)C(C)=O)[C@@H]1OC. The van der Waals surface area contributed by atoms with Gasteiger partial charge in [0, 0.05) is 27.2 Å². The van der Waals surface area contributed by atoms with Crippen LogP contribution in [0.4, 0.5) is 0 Å². The lowest BCUT2D eigenvalue weighted by Crippen LogP contribution is -2.62. The molecule has 0 heterocycles. The molecule has 138 valence electrons. The third-order valence-corrected chi connectivity index (χ3v) is 4.54. The highest BCUT2D eigenvalue weighted by atomic mass is 16.5. The van der Waals surface area contributed by atoms with Crippen LogP contribution in [0.2, 0.25) is 0 Å². The molecule has 0 unspecified atom stereocenters. The van der Waals surface area contributed by atoms with Crippen molar-refractivity contribution in [2.45, 2.75) is 44.9 Å². The molecule has 1 aromatic carbocycles. The minimum absolute atomic E-state index is 0.0299. The molecule has 6 heteroatoms. The van der Waals surface area contributed by atoms with E-state index in [9.17, 15) is 9.59 Å². The van der Waals surface area contributed by atoms with Gasteiger partial charge in [0.25, 0.3) is 0 Å². The van der Waals surface area contributed by atoms with Crippen molar-refractivity contribution in [2.75, 3.05) is 26.8 Å². The normalized spacial score (nSPS) is 22.1. The topological polar surface area (TPSA) is 67.9 Å². The summed E-state index contributed by atoms with van der Waals surface area (Å²) in [5.41, 5.74) is 1.15. The van der Waals surface area contributed by atoms with Crippen LogP contribution in [0.1, 0.15) is 25.8 Å². The van der Waals surface area contributed by atoms with Crippen LogP contribution in [-0.4, -0.2) is 61.8 Å². The molecule has 2 amide bonds. The van der Waals surface area contributed by atoms with Gasteiger partial charge in [-0.15, -0.1) is 0 Å². The summed E-state index contributed by atoms with van der Waals surface area (Å²) in [7, 11) is 1.62. The summed E-state index contributed by atoms with van der Waals surface area (Å²) in [5.74, 6) is -0.263. The van der Waals surface area contributed by atoms with Gasteiger partial charge in [-0.05, 0) is 25.3 Å². The zero-order valence-electron chi connectivity index (χ0n) is 15.2. The van der Waals surface area contributed by atoms with E-state index in [0.717, 1.165) is 18.4 Å². The first-order valence-electron chi connectivity index (χ1n) is 8.78. The molecule has 0 aromatic heterocycles. The molecule has 0 saturated heterocycles. The van der Waals surface area contributed by atoms with Crippen molar-refractivity contribution in [3.8, 4) is 0 Å². The highest BCUT2D eigenvalue weighted by Gasteiger charge is 2.43. The number of carbonyl (C=O) groups is 2. The third kappa shape index (κ3) is 5.54. The van der Waals surface area contributed by atoms with Crippen LogP contribution in [0.5, 0.6) is 0 Å². The van der Waals surface area contributed by atoms with Crippen LogP contribution in [0, 0.1) is 0 Å². The molecule has 0 aliphatic heterocycles. The minimum atomic E-state index is -0.162. The molecule has 1 aromatic rings. The van der Waals surface area contributed by atoms with E-state index in [-0.39, 0.29) is 36.6 Å². The van der Waals surface area contributed by atoms with Gasteiger partial charge in [0.15, 0.2) is 0 Å². The summed E-state index contributed by atoms with van der Waals surface area (Å²) >= 11 is 0. The van der Waals surface area contributed by atoms with Gasteiger partial charge < -0.3 is 19.7 Å². The van der Waals surface area contributed by atoms with Gasteiger partial charge in [0.1, 0.15) is 6.10 Å². The number of nitrogens with zero attached hydrogens (tertiary/aromatic N) is 1. The molecule has 0 radical (unpaired) electrons. The lowest BCUT2D eigenvalue weighted by Gasteiger charge is -2.43. The number of carbonyl (C=O) groups excluding carboxylic acids is 2. The lowest BCUT2D eigenvalue weighted by atomic mass is 9.85. The van der Waals surface area contributed by atoms with Crippen molar-refractivity contribution in [2.24, 2.45) is 0 Å². The van der Waals surface area contributed by atoms with Crippen LogP contribution >= 0.6 is 0 Å². The fourth-order valence-corrected chi connectivity index (χ4v) is 3.10. The van der Waals surface area contributed by atoms with Crippen LogP contribution in [0.3, 0.4) is 0 Å². The molecule has 0 spiro atoms. The second kappa shape index (κ2) is 9.53. The van der Waals surface area contributed by atoms with Gasteiger partial charge in [0.05, 0.1) is 18.7 Å². The average Bonchev–Trinajstić information content (AvgIpc) is 2.58. The van der Waals surface area contributed by atoms with E-state index in [1.54, 1.807) is 12.0 Å². The van der Waals surface area contributed by atoms with E-state index < -0.39 is 0 Å². The number of nitrogens with one attached hydrogen (secondary N) is 1. The van der Waals surface area contributed by atoms with E-state index in [0.29, 0.717) is 13.2 Å². The van der Waals surface area contributed by atoms with Gasteiger partial charge in [-0.2, -0.15) is 0 Å². The Morgan fingerprint density at radius 3 is 2.60 bits per heavy atom. The Morgan fingerprint density at radius 2 is 2.00 bits per heavy atom. The number of amides is 2. The zero-order valence-corrected chi connectivity index (χ0v) is 15.2. The quantitative estimate of drug-likeness (QED) is 0.732. The van der Waals surface area contributed by atoms with E-state index in [2.05, 4.69) is 5.32 Å². The molecule has 1 fully saturated rings. The minimum Gasteiger partial charge on any atom is -0.377 e. The van der Waals surface area contributed by atoms with Crippen molar-refractivity contribution in [3.63, 3.8) is 0 Å². The second-order valence-corrected chi connectivity index (χ2v) is 6.28.